The van der Waals surface area contributed by atoms with Gasteiger partial charge in [0, 0.05) is 26.2 Å². The van der Waals surface area contributed by atoms with Crippen molar-refractivity contribution in [2.75, 3.05) is 26.2 Å². The van der Waals surface area contributed by atoms with E-state index in [0.717, 1.165) is 31.2 Å². The summed E-state index contributed by atoms with van der Waals surface area (Å²) in [5, 5.41) is 6.27. The molecular weight excluding hydrogens is 427 g/mol. The number of nitrogens with zero attached hydrogens (tertiary/aromatic N) is 2. The van der Waals surface area contributed by atoms with Crippen LogP contribution < -0.4 is 10.6 Å². The quantitative estimate of drug-likeness (QED) is 0.407. The van der Waals surface area contributed by atoms with Gasteiger partial charge in [0.15, 0.2) is 5.96 Å². The first-order chi connectivity index (χ1) is 11.7. The topological polar surface area (TPSA) is 56.7 Å². The number of guanidine groups is 1. The Morgan fingerprint density at radius 1 is 1.20 bits per heavy atom. The molecule has 0 aromatic heterocycles. The zero-order valence-corrected chi connectivity index (χ0v) is 17.3. The third kappa shape index (κ3) is 5.33. The standard InChI is InChI=1S/C19H28N4O.HI/c1-2-20-18(23-12-11-19(15-23)9-6-10-19)22-14-17(24)21-13-16-7-4-3-5-8-16;/h3-5,7-8H,2,6,9-15H2,1H3,(H,20,22)(H,21,24);1H. The van der Waals surface area contributed by atoms with Crippen LogP contribution >= 0.6 is 24.0 Å². The van der Waals surface area contributed by atoms with Crippen LogP contribution in [0.1, 0.15) is 38.2 Å². The highest BCUT2D eigenvalue weighted by atomic mass is 127. The largest absolute Gasteiger partial charge is 0.357 e. The molecule has 1 heterocycles. The van der Waals surface area contributed by atoms with Gasteiger partial charge in [-0.05, 0) is 37.2 Å². The Balaban J connectivity index is 0.00000225. The van der Waals surface area contributed by atoms with Gasteiger partial charge in [-0.25, -0.2) is 4.99 Å². The van der Waals surface area contributed by atoms with Crippen LogP contribution in [0.4, 0.5) is 0 Å². The number of likely N-dealkylation sites (tertiary alicyclic amines) is 1. The summed E-state index contributed by atoms with van der Waals surface area (Å²) >= 11 is 0. The van der Waals surface area contributed by atoms with E-state index in [1.807, 2.05) is 30.3 Å². The number of amides is 1. The molecule has 2 aliphatic rings. The molecule has 2 fully saturated rings. The fourth-order valence-electron chi connectivity index (χ4n) is 3.63. The van der Waals surface area contributed by atoms with E-state index in [2.05, 4.69) is 27.4 Å². The number of rotatable bonds is 5. The predicted molar refractivity (Wildman–Crippen MR) is 112 cm³/mol. The first-order valence-corrected chi connectivity index (χ1v) is 9.05. The third-order valence-corrected chi connectivity index (χ3v) is 5.19. The van der Waals surface area contributed by atoms with Gasteiger partial charge in [0.2, 0.25) is 5.91 Å². The molecule has 3 rings (SSSR count). The van der Waals surface area contributed by atoms with Crippen molar-refractivity contribution >= 4 is 35.8 Å². The average molecular weight is 456 g/mol. The van der Waals surface area contributed by atoms with Gasteiger partial charge in [-0.2, -0.15) is 0 Å². The summed E-state index contributed by atoms with van der Waals surface area (Å²) in [5.41, 5.74) is 1.64. The highest BCUT2D eigenvalue weighted by molar-refractivity contribution is 14.0. The summed E-state index contributed by atoms with van der Waals surface area (Å²) in [6.07, 6.45) is 5.32. The van der Waals surface area contributed by atoms with Crippen LogP contribution in [0.2, 0.25) is 0 Å². The van der Waals surface area contributed by atoms with E-state index in [0.29, 0.717) is 12.0 Å². The van der Waals surface area contributed by atoms with Crippen molar-refractivity contribution in [3.63, 3.8) is 0 Å². The summed E-state index contributed by atoms with van der Waals surface area (Å²) < 4.78 is 0. The molecule has 138 valence electrons. The van der Waals surface area contributed by atoms with Crippen molar-refractivity contribution in [2.24, 2.45) is 10.4 Å². The molecule has 0 radical (unpaired) electrons. The van der Waals surface area contributed by atoms with Crippen molar-refractivity contribution in [3.05, 3.63) is 35.9 Å². The van der Waals surface area contributed by atoms with Crippen LogP contribution in [-0.4, -0.2) is 42.9 Å². The molecule has 1 spiro atoms. The van der Waals surface area contributed by atoms with E-state index in [1.165, 1.54) is 25.7 Å². The van der Waals surface area contributed by atoms with Crippen molar-refractivity contribution in [1.82, 2.24) is 15.5 Å². The Labute approximate surface area is 167 Å². The monoisotopic (exact) mass is 456 g/mol. The van der Waals surface area contributed by atoms with Crippen LogP contribution in [-0.2, 0) is 11.3 Å². The minimum Gasteiger partial charge on any atom is -0.357 e. The molecule has 1 amide bonds. The summed E-state index contributed by atoms with van der Waals surface area (Å²) in [5.74, 6) is 0.850. The van der Waals surface area contributed by atoms with Crippen molar-refractivity contribution in [1.29, 1.82) is 0 Å². The molecule has 0 atom stereocenters. The molecule has 0 bridgehead atoms. The van der Waals surface area contributed by atoms with Crippen LogP contribution in [0, 0.1) is 5.41 Å². The van der Waals surface area contributed by atoms with Gasteiger partial charge in [0.05, 0.1) is 0 Å². The van der Waals surface area contributed by atoms with Gasteiger partial charge in [-0.1, -0.05) is 36.8 Å². The Morgan fingerprint density at radius 2 is 1.96 bits per heavy atom. The molecular formula is C19H29IN4O. The minimum absolute atomic E-state index is 0. The van der Waals surface area contributed by atoms with E-state index < -0.39 is 0 Å². The van der Waals surface area contributed by atoms with Gasteiger partial charge in [-0.15, -0.1) is 24.0 Å². The number of nitrogens with one attached hydrogen (secondary N) is 2. The second kappa shape index (κ2) is 9.40. The van der Waals surface area contributed by atoms with Gasteiger partial charge in [0.25, 0.3) is 0 Å². The zero-order chi connectivity index (χ0) is 16.8. The molecule has 6 heteroatoms. The maximum atomic E-state index is 12.1. The van der Waals surface area contributed by atoms with E-state index in [9.17, 15) is 4.79 Å². The highest BCUT2D eigenvalue weighted by Crippen LogP contribution is 2.47. The number of hydrogen-bond acceptors (Lipinski definition) is 2. The third-order valence-electron chi connectivity index (χ3n) is 5.19. The lowest BCUT2D eigenvalue weighted by Gasteiger charge is -2.38. The number of carbonyl (C=O) groups excluding carboxylic acids is 1. The van der Waals surface area contributed by atoms with Crippen molar-refractivity contribution in [3.8, 4) is 0 Å². The molecule has 0 unspecified atom stereocenters. The Hall–Kier alpha value is -1.31. The highest BCUT2D eigenvalue weighted by Gasteiger charge is 2.43. The van der Waals surface area contributed by atoms with E-state index in [-0.39, 0.29) is 36.4 Å². The first kappa shape index (κ1) is 20.0. The maximum Gasteiger partial charge on any atom is 0.242 e. The average Bonchev–Trinajstić information content (AvgIpc) is 3.03. The lowest BCUT2D eigenvalue weighted by molar-refractivity contribution is -0.119. The van der Waals surface area contributed by atoms with Gasteiger partial charge in [-0.3, -0.25) is 4.79 Å². The Morgan fingerprint density at radius 3 is 2.56 bits per heavy atom. The number of hydrogen-bond donors (Lipinski definition) is 2. The number of halogens is 1. The molecule has 5 nitrogen and oxygen atoms in total. The van der Waals surface area contributed by atoms with Gasteiger partial charge >= 0.3 is 0 Å². The molecule has 1 aliphatic carbocycles. The Kier molecular flexibility index (Phi) is 7.53. The van der Waals surface area contributed by atoms with E-state index in [1.54, 1.807) is 0 Å². The van der Waals surface area contributed by atoms with Crippen LogP contribution in [0.5, 0.6) is 0 Å². The first-order valence-electron chi connectivity index (χ1n) is 9.05. The smallest absolute Gasteiger partial charge is 0.242 e. The van der Waals surface area contributed by atoms with Gasteiger partial charge < -0.3 is 15.5 Å². The minimum atomic E-state index is -0.0354. The maximum absolute atomic E-state index is 12.1. The van der Waals surface area contributed by atoms with Crippen LogP contribution in [0.25, 0.3) is 0 Å². The molecule has 1 saturated carbocycles. The number of benzene rings is 1. The summed E-state index contributed by atoms with van der Waals surface area (Å²) in [7, 11) is 0. The normalized spacial score (nSPS) is 18.4. The van der Waals surface area contributed by atoms with E-state index in [4.69, 9.17) is 0 Å². The van der Waals surface area contributed by atoms with Crippen LogP contribution in [0.3, 0.4) is 0 Å². The van der Waals surface area contributed by atoms with E-state index >= 15 is 0 Å². The zero-order valence-electron chi connectivity index (χ0n) is 15.0. The molecule has 2 N–H and O–H groups in total. The summed E-state index contributed by atoms with van der Waals surface area (Å²) in [6, 6.07) is 9.95. The summed E-state index contributed by atoms with van der Waals surface area (Å²) in [6.45, 7) is 5.77. The fraction of sp³-hybridized carbons (Fsp3) is 0.579. The molecule has 1 saturated heterocycles. The molecule has 25 heavy (non-hydrogen) atoms. The fourth-order valence-corrected chi connectivity index (χ4v) is 3.63. The lowest BCUT2D eigenvalue weighted by atomic mass is 9.68. The lowest BCUT2D eigenvalue weighted by Crippen LogP contribution is -2.43. The predicted octanol–water partition coefficient (Wildman–Crippen LogP) is 2.76. The molecule has 1 aliphatic heterocycles. The van der Waals surface area contributed by atoms with Crippen molar-refractivity contribution in [2.45, 2.75) is 39.2 Å². The molecule has 1 aromatic carbocycles. The van der Waals surface area contributed by atoms with Crippen molar-refractivity contribution < 1.29 is 4.79 Å². The summed E-state index contributed by atoms with van der Waals surface area (Å²) in [4.78, 5) is 18.9. The molecule has 1 aromatic rings. The van der Waals surface area contributed by atoms with Gasteiger partial charge in [0.1, 0.15) is 6.54 Å². The second-order valence-electron chi connectivity index (χ2n) is 6.96. The SMILES string of the molecule is CCNC(=NCC(=O)NCc1ccccc1)N1CCC2(CCC2)C1.I. The van der Waals surface area contributed by atoms with Crippen LogP contribution in [0.15, 0.2) is 35.3 Å². The second-order valence-corrected chi connectivity index (χ2v) is 6.96. The number of carbonyl (C=O) groups is 1. The number of aliphatic imine (C=N–C) groups is 1. The Bertz CT molecular complexity index is 586.